The number of piperazine rings is 1. The quantitative estimate of drug-likeness (QED) is 0.556. The molecule has 2 unspecified atom stereocenters. The van der Waals surface area contributed by atoms with Gasteiger partial charge in [-0.3, -0.25) is 4.79 Å². The molecular formula is C22H27FN6O2. The van der Waals surface area contributed by atoms with Crippen LogP contribution in [-0.4, -0.2) is 58.9 Å². The van der Waals surface area contributed by atoms with Crippen molar-refractivity contribution in [2.24, 2.45) is 17.4 Å². The van der Waals surface area contributed by atoms with Gasteiger partial charge in [0.2, 0.25) is 5.91 Å². The average Bonchev–Trinajstić information content (AvgIpc) is 3.24. The Kier molecular flexibility index (Phi) is 4.75. The largest absolute Gasteiger partial charge is 0.483 e. The van der Waals surface area contributed by atoms with Gasteiger partial charge in [0.05, 0.1) is 24.2 Å². The van der Waals surface area contributed by atoms with Gasteiger partial charge in [0.25, 0.3) is 0 Å². The first-order valence-corrected chi connectivity index (χ1v) is 10.6. The number of ether oxygens (including phenoxy) is 1. The van der Waals surface area contributed by atoms with Gasteiger partial charge in [0.1, 0.15) is 6.17 Å². The van der Waals surface area contributed by atoms with Crippen LogP contribution < -0.4 is 16.4 Å². The third kappa shape index (κ3) is 3.37. The van der Waals surface area contributed by atoms with Gasteiger partial charge >= 0.3 is 0 Å². The van der Waals surface area contributed by atoms with Crippen molar-refractivity contribution < 1.29 is 13.9 Å². The summed E-state index contributed by atoms with van der Waals surface area (Å²) in [5, 5.41) is 4.44. The van der Waals surface area contributed by atoms with E-state index in [-0.39, 0.29) is 23.9 Å². The second-order valence-corrected chi connectivity index (χ2v) is 8.54. The molecule has 8 nitrogen and oxygen atoms in total. The van der Waals surface area contributed by atoms with Gasteiger partial charge in [0.15, 0.2) is 5.88 Å². The van der Waals surface area contributed by atoms with Crippen LogP contribution in [0.15, 0.2) is 42.7 Å². The SMILES string of the molecule is CO/C(N)=C/C(=C\N)c1cc2c(N3CC4CCC(C3)N4C(=O)[C@@H]3C[C@H]3F)ccnn2c1. The van der Waals surface area contributed by atoms with Crippen molar-refractivity contribution >= 4 is 22.7 Å². The van der Waals surface area contributed by atoms with Crippen LogP contribution in [0.3, 0.4) is 0 Å². The number of methoxy groups -OCH3 is 1. The number of amides is 1. The predicted octanol–water partition coefficient (Wildman–Crippen LogP) is 1.62. The number of allylic oxidation sites excluding steroid dienone is 2. The van der Waals surface area contributed by atoms with Crippen LogP contribution in [0.4, 0.5) is 10.1 Å². The lowest BCUT2D eigenvalue weighted by Crippen LogP contribution is -2.56. The molecule has 5 rings (SSSR count). The van der Waals surface area contributed by atoms with Crippen molar-refractivity contribution in [3.8, 4) is 0 Å². The van der Waals surface area contributed by atoms with Crippen LogP contribution in [0.2, 0.25) is 0 Å². The lowest BCUT2D eigenvalue weighted by molar-refractivity contribution is -0.136. The molecule has 9 heteroatoms. The number of carbonyl (C=O) groups is 1. The second-order valence-electron chi connectivity index (χ2n) is 8.54. The summed E-state index contributed by atoms with van der Waals surface area (Å²) in [6.45, 7) is 1.48. The van der Waals surface area contributed by atoms with E-state index in [4.69, 9.17) is 16.2 Å². The van der Waals surface area contributed by atoms with Gasteiger partial charge < -0.3 is 26.0 Å². The van der Waals surface area contributed by atoms with Crippen molar-refractivity contribution in [3.05, 3.63) is 48.2 Å². The number of aromatic nitrogens is 2. The number of rotatable bonds is 5. The Morgan fingerprint density at radius 3 is 2.65 bits per heavy atom. The van der Waals surface area contributed by atoms with E-state index in [1.165, 1.54) is 13.3 Å². The van der Waals surface area contributed by atoms with Crippen LogP contribution in [-0.2, 0) is 9.53 Å². The number of anilines is 1. The molecule has 2 bridgehead atoms. The summed E-state index contributed by atoms with van der Waals surface area (Å²) in [6.07, 6.45) is 8.20. The lowest BCUT2D eigenvalue weighted by Gasteiger charge is -2.42. The molecule has 2 saturated heterocycles. The van der Waals surface area contributed by atoms with Crippen molar-refractivity contribution in [1.82, 2.24) is 14.5 Å². The molecule has 4 heterocycles. The van der Waals surface area contributed by atoms with Crippen molar-refractivity contribution in [2.75, 3.05) is 25.1 Å². The zero-order valence-electron chi connectivity index (χ0n) is 17.4. The van der Waals surface area contributed by atoms with Crippen LogP contribution in [0, 0.1) is 5.92 Å². The third-order valence-corrected chi connectivity index (χ3v) is 6.64. The van der Waals surface area contributed by atoms with E-state index in [1.54, 1.807) is 12.3 Å². The maximum Gasteiger partial charge on any atom is 0.229 e. The molecule has 1 saturated carbocycles. The molecule has 2 aliphatic heterocycles. The highest BCUT2D eigenvalue weighted by Crippen LogP contribution is 2.41. The number of nitrogens with zero attached hydrogens (tertiary/aromatic N) is 4. The molecule has 2 aromatic heterocycles. The van der Waals surface area contributed by atoms with E-state index in [1.807, 2.05) is 27.7 Å². The Labute approximate surface area is 179 Å². The van der Waals surface area contributed by atoms with Crippen molar-refractivity contribution in [1.29, 1.82) is 0 Å². The fourth-order valence-electron chi connectivity index (χ4n) is 4.94. The molecule has 3 fully saturated rings. The molecule has 4 atom stereocenters. The number of alkyl halides is 1. The van der Waals surface area contributed by atoms with Crippen LogP contribution in [0.1, 0.15) is 24.8 Å². The van der Waals surface area contributed by atoms with E-state index >= 15 is 0 Å². The van der Waals surface area contributed by atoms with Crippen LogP contribution in [0.5, 0.6) is 0 Å². The Hall–Kier alpha value is -3.23. The summed E-state index contributed by atoms with van der Waals surface area (Å²) < 4.78 is 20.3. The molecule has 0 radical (unpaired) electrons. The number of carbonyl (C=O) groups excluding carboxylic acids is 1. The first kappa shape index (κ1) is 19.7. The lowest BCUT2D eigenvalue weighted by atomic mass is 10.1. The van der Waals surface area contributed by atoms with E-state index in [0.717, 1.165) is 48.3 Å². The molecule has 31 heavy (non-hydrogen) atoms. The Morgan fingerprint density at radius 2 is 2.03 bits per heavy atom. The fraction of sp³-hybridized carbons (Fsp3) is 0.455. The minimum atomic E-state index is -0.949. The van der Waals surface area contributed by atoms with Crippen LogP contribution in [0.25, 0.3) is 11.1 Å². The highest BCUT2D eigenvalue weighted by molar-refractivity contribution is 5.85. The summed E-state index contributed by atoms with van der Waals surface area (Å²) in [5.41, 5.74) is 15.2. The van der Waals surface area contributed by atoms with Gasteiger partial charge in [-0.1, -0.05) is 0 Å². The Bertz CT molecular complexity index is 1070. The molecule has 2 aromatic rings. The second kappa shape index (κ2) is 7.47. The zero-order valence-corrected chi connectivity index (χ0v) is 17.4. The molecular weight excluding hydrogens is 399 g/mol. The average molecular weight is 426 g/mol. The predicted molar refractivity (Wildman–Crippen MR) is 116 cm³/mol. The summed E-state index contributed by atoms with van der Waals surface area (Å²) in [5.74, 6) is -0.141. The standard InChI is InChI=1S/C22H27FN6O2/c1-31-21(25)7-13(9-24)14-6-20-19(4-5-26-28(20)10-14)27-11-15-2-3-16(12-27)29(15)22(30)17-8-18(17)23/h4-7,9-10,15-18H,2-3,8,11-12,24-25H2,1H3/b13-9+,21-7+/t15?,16?,17-,18-/m1/s1. The molecule has 164 valence electrons. The van der Waals surface area contributed by atoms with Gasteiger partial charge in [-0.2, -0.15) is 5.10 Å². The van der Waals surface area contributed by atoms with Crippen molar-refractivity contribution in [3.63, 3.8) is 0 Å². The summed E-state index contributed by atoms with van der Waals surface area (Å²) >= 11 is 0. The summed E-state index contributed by atoms with van der Waals surface area (Å²) in [4.78, 5) is 17.0. The highest BCUT2D eigenvalue weighted by Gasteiger charge is 2.51. The number of fused-ring (bicyclic) bond motifs is 3. The van der Waals surface area contributed by atoms with Gasteiger partial charge in [0, 0.05) is 61.0 Å². The Balaban J connectivity index is 1.43. The maximum absolute atomic E-state index is 13.5. The molecule has 1 amide bonds. The number of hydrogen-bond donors (Lipinski definition) is 2. The van der Waals surface area contributed by atoms with Gasteiger partial charge in [-0.25, -0.2) is 8.91 Å². The van der Waals surface area contributed by atoms with Crippen molar-refractivity contribution in [2.45, 2.75) is 37.5 Å². The number of halogens is 1. The molecule has 1 aliphatic carbocycles. The first-order chi connectivity index (χ1) is 15.0. The molecule has 3 aliphatic rings. The smallest absolute Gasteiger partial charge is 0.229 e. The topological polar surface area (TPSA) is 102 Å². The Morgan fingerprint density at radius 1 is 1.32 bits per heavy atom. The van der Waals surface area contributed by atoms with E-state index in [0.29, 0.717) is 6.42 Å². The minimum absolute atomic E-state index is 0.00439. The fourth-order valence-corrected chi connectivity index (χ4v) is 4.94. The highest BCUT2D eigenvalue weighted by atomic mass is 19.1. The van der Waals surface area contributed by atoms with Crippen LogP contribution >= 0.6 is 0 Å². The third-order valence-electron chi connectivity index (χ3n) is 6.64. The summed E-state index contributed by atoms with van der Waals surface area (Å²) in [6, 6.07) is 4.29. The molecule has 0 aromatic carbocycles. The molecule has 0 spiro atoms. The minimum Gasteiger partial charge on any atom is -0.483 e. The first-order valence-electron chi connectivity index (χ1n) is 10.6. The summed E-state index contributed by atoms with van der Waals surface area (Å²) in [7, 11) is 1.51. The van der Waals surface area contributed by atoms with Gasteiger partial charge in [-0.15, -0.1) is 0 Å². The van der Waals surface area contributed by atoms with Gasteiger partial charge in [-0.05, 0) is 31.4 Å². The molecule has 4 N–H and O–H groups in total. The normalized spacial score (nSPS) is 28.3. The maximum atomic E-state index is 13.5. The number of nitrogens with two attached hydrogens (primary N) is 2. The zero-order chi connectivity index (χ0) is 21.7. The van der Waals surface area contributed by atoms with E-state index in [9.17, 15) is 9.18 Å². The van der Waals surface area contributed by atoms with E-state index < -0.39 is 12.1 Å². The monoisotopic (exact) mass is 426 g/mol. The van der Waals surface area contributed by atoms with E-state index in [2.05, 4.69) is 10.00 Å². The number of hydrogen-bond acceptors (Lipinski definition) is 6.